The van der Waals surface area contributed by atoms with Crippen molar-refractivity contribution >= 4 is 46.0 Å². The highest BCUT2D eigenvalue weighted by Crippen LogP contribution is 2.22. The van der Waals surface area contributed by atoms with E-state index in [0.29, 0.717) is 22.0 Å². The molecule has 2 aromatic carbocycles. The van der Waals surface area contributed by atoms with Crippen molar-refractivity contribution in [2.75, 3.05) is 5.32 Å². The van der Waals surface area contributed by atoms with Crippen LogP contribution in [0.15, 0.2) is 49.1 Å². The molecule has 0 spiro atoms. The van der Waals surface area contributed by atoms with E-state index in [-0.39, 0.29) is 5.91 Å². The van der Waals surface area contributed by atoms with Crippen LogP contribution in [0.3, 0.4) is 0 Å². The van der Waals surface area contributed by atoms with E-state index in [2.05, 4.69) is 24.1 Å². The van der Waals surface area contributed by atoms with E-state index in [1.165, 1.54) is 17.3 Å². The molecule has 0 radical (unpaired) electrons. The van der Waals surface area contributed by atoms with E-state index in [0.717, 1.165) is 22.8 Å². The quantitative estimate of drug-likeness (QED) is 0.609. The Morgan fingerprint density at radius 1 is 1.12 bits per heavy atom. The van der Waals surface area contributed by atoms with E-state index in [1.807, 2.05) is 6.07 Å². The van der Waals surface area contributed by atoms with E-state index in [9.17, 15) is 4.79 Å². The number of amides is 1. The lowest BCUT2D eigenvalue weighted by molar-refractivity contribution is 0.102. The molecule has 0 aliphatic rings. The molecule has 0 bridgehead atoms. The van der Waals surface area contributed by atoms with Crippen LogP contribution in [0.25, 0.3) is 16.7 Å². The normalized spacial score (nSPS) is 10.9. The van der Waals surface area contributed by atoms with Gasteiger partial charge >= 0.3 is 0 Å². The Labute approximate surface area is 145 Å². The molecule has 0 saturated heterocycles. The lowest BCUT2D eigenvalue weighted by Gasteiger charge is -2.10. The summed E-state index contributed by atoms with van der Waals surface area (Å²) in [5.41, 5.74) is 3.14. The third-order valence-electron chi connectivity index (χ3n) is 3.38. The van der Waals surface area contributed by atoms with Gasteiger partial charge in [-0.1, -0.05) is 11.6 Å². The molecule has 0 saturated carbocycles. The first kappa shape index (κ1) is 14.7. The second-order valence-electron chi connectivity index (χ2n) is 4.92. The van der Waals surface area contributed by atoms with Crippen molar-refractivity contribution in [3.8, 4) is 5.69 Å². The van der Waals surface area contributed by atoms with Gasteiger partial charge in [-0.05, 0) is 36.4 Å². The number of aromatic nitrogens is 5. The van der Waals surface area contributed by atoms with Crippen LogP contribution in [0.5, 0.6) is 0 Å². The number of hydrogen-bond acceptors (Lipinski definition) is 6. The first-order valence-electron chi connectivity index (χ1n) is 6.89. The van der Waals surface area contributed by atoms with Crippen LogP contribution < -0.4 is 5.32 Å². The third kappa shape index (κ3) is 2.72. The second kappa shape index (κ2) is 5.99. The molecule has 4 rings (SSSR count). The number of nitrogens with zero attached hydrogens (tertiary/aromatic N) is 5. The predicted octanol–water partition coefficient (Wildman–Crippen LogP) is 3.18. The van der Waals surface area contributed by atoms with Gasteiger partial charge in [-0.25, -0.2) is 9.67 Å². The zero-order chi connectivity index (χ0) is 16.5. The van der Waals surface area contributed by atoms with Gasteiger partial charge in [0.25, 0.3) is 5.91 Å². The largest absolute Gasteiger partial charge is 0.322 e. The van der Waals surface area contributed by atoms with Crippen LogP contribution in [-0.2, 0) is 0 Å². The Morgan fingerprint density at radius 3 is 2.83 bits per heavy atom. The Kier molecular flexibility index (Phi) is 3.68. The molecule has 0 unspecified atom stereocenters. The third-order valence-corrected chi connectivity index (χ3v) is 4.17. The topological polar surface area (TPSA) is 85.6 Å². The number of carbonyl (C=O) groups is 1. The number of nitrogens with one attached hydrogen (secondary N) is 1. The van der Waals surface area contributed by atoms with Crippen molar-refractivity contribution < 1.29 is 4.79 Å². The summed E-state index contributed by atoms with van der Waals surface area (Å²) in [6, 6.07) is 10.4. The summed E-state index contributed by atoms with van der Waals surface area (Å²) in [5.74, 6) is -0.300. The van der Waals surface area contributed by atoms with Crippen molar-refractivity contribution in [1.29, 1.82) is 0 Å². The average Bonchev–Trinajstić information content (AvgIpc) is 3.25. The van der Waals surface area contributed by atoms with E-state index in [4.69, 9.17) is 11.6 Å². The van der Waals surface area contributed by atoms with E-state index >= 15 is 0 Å². The van der Waals surface area contributed by atoms with Gasteiger partial charge in [0, 0.05) is 10.7 Å². The molecule has 4 aromatic rings. The fourth-order valence-corrected chi connectivity index (χ4v) is 2.97. The minimum atomic E-state index is -0.300. The zero-order valence-electron chi connectivity index (χ0n) is 12.0. The highest BCUT2D eigenvalue weighted by Gasteiger charge is 2.15. The highest BCUT2D eigenvalue weighted by atomic mass is 35.5. The summed E-state index contributed by atoms with van der Waals surface area (Å²) in [4.78, 5) is 16.6. The molecular formula is C15H9ClN6OS. The van der Waals surface area contributed by atoms with Gasteiger partial charge in [0.15, 0.2) is 0 Å². The van der Waals surface area contributed by atoms with Crippen LogP contribution in [0.2, 0.25) is 5.02 Å². The van der Waals surface area contributed by atoms with Gasteiger partial charge in [0.1, 0.15) is 23.7 Å². The molecule has 2 heterocycles. The van der Waals surface area contributed by atoms with Gasteiger partial charge < -0.3 is 5.32 Å². The highest BCUT2D eigenvalue weighted by molar-refractivity contribution is 7.00. The minimum Gasteiger partial charge on any atom is -0.322 e. The molecule has 2 aromatic heterocycles. The first-order chi connectivity index (χ1) is 11.7. The van der Waals surface area contributed by atoms with Crippen LogP contribution in [0.1, 0.15) is 10.4 Å². The smallest absolute Gasteiger partial charge is 0.257 e. The molecule has 0 aliphatic carbocycles. The number of carbonyl (C=O) groups excluding carboxylic acids is 1. The average molecular weight is 357 g/mol. The van der Waals surface area contributed by atoms with Crippen LogP contribution in [0.4, 0.5) is 5.69 Å². The number of benzene rings is 2. The Hall–Kier alpha value is -2.84. The summed E-state index contributed by atoms with van der Waals surface area (Å²) >= 11 is 7.18. The first-order valence-corrected chi connectivity index (χ1v) is 8.00. The maximum atomic E-state index is 12.7. The van der Waals surface area contributed by atoms with Crippen molar-refractivity contribution in [3.63, 3.8) is 0 Å². The van der Waals surface area contributed by atoms with Gasteiger partial charge in [0.05, 0.1) is 23.0 Å². The summed E-state index contributed by atoms with van der Waals surface area (Å²) < 4.78 is 9.82. The predicted molar refractivity (Wildman–Crippen MR) is 91.7 cm³/mol. The molecule has 0 fully saturated rings. The van der Waals surface area contributed by atoms with Crippen molar-refractivity contribution in [1.82, 2.24) is 23.5 Å². The molecule has 0 atom stereocenters. The summed E-state index contributed by atoms with van der Waals surface area (Å²) in [6.45, 7) is 0. The second-order valence-corrected chi connectivity index (χ2v) is 5.89. The number of halogens is 1. The van der Waals surface area contributed by atoms with Gasteiger partial charge in [-0.3, -0.25) is 4.79 Å². The summed E-state index contributed by atoms with van der Waals surface area (Å²) in [5, 5.41) is 7.37. The molecular weight excluding hydrogens is 348 g/mol. The maximum Gasteiger partial charge on any atom is 0.257 e. The van der Waals surface area contributed by atoms with Gasteiger partial charge in [0.2, 0.25) is 0 Å². The monoisotopic (exact) mass is 356 g/mol. The minimum absolute atomic E-state index is 0.300. The Morgan fingerprint density at radius 2 is 2.00 bits per heavy atom. The molecule has 9 heteroatoms. The zero-order valence-corrected chi connectivity index (χ0v) is 13.6. The standard InChI is InChI=1S/C15H9ClN6OS/c16-9-1-4-14(22-8-17-7-18-22)11(5-9)15(23)19-10-2-3-12-13(6-10)21-24-20-12/h1-8H,(H,19,23). The number of fused-ring (bicyclic) bond motifs is 1. The van der Waals surface area contributed by atoms with Crippen molar-refractivity contribution in [3.05, 3.63) is 59.6 Å². The SMILES string of the molecule is O=C(Nc1ccc2nsnc2c1)c1cc(Cl)ccc1-n1cncn1. The number of hydrogen-bond donors (Lipinski definition) is 1. The van der Waals surface area contributed by atoms with Crippen LogP contribution in [0, 0.1) is 0 Å². The summed E-state index contributed by atoms with van der Waals surface area (Å²) in [7, 11) is 0. The molecule has 0 aliphatic heterocycles. The molecule has 118 valence electrons. The molecule has 1 amide bonds. The van der Waals surface area contributed by atoms with Gasteiger partial charge in [-0.15, -0.1) is 0 Å². The molecule has 7 nitrogen and oxygen atoms in total. The van der Waals surface area contributed by atoms with Crippen LogP contribution in [-0.4, -0.2) is 29.4 Å². The van der Waals surface area contributed by atoms with Gasteiger partial charge in [-0.2, -0.15) is 13.8 Å². The number of anilines is 1. The van der Waals surface area contributed by atoms with Crippen molar-refractivity contribution in [2.45, 2.75) is 0 Å². The lowest BCUT2D eigenvalue weighted by Crippen LogP contribution is -2.15. The number of rotatable bonds is 3. The fourth-order valence-electron chi connectivity index (χ4n) is 2.28. The maximum absolute atomic E-state index is 12.7. The van der Waals surface area contributed by atoms with Crippen molar-refractivity contribution in [2.24, 2.45) is 0 Å². The van der Waals surface area contributed by atoms with E-state index < -0.39 is 0 Å². The fraction of sp³-hybridized carbons (Fsp3) is 0. The Balaban J connectivity index is 1.70. The molecule has 1 N–H and O–H groups in total. The lowest BCUT2D eigenvalue weighted by atomic mass is 10.1. The molecule has 24 heavy (non-hydrogen) atoms. The van der Waals surface area contributed by atoms with Crippen LogP contribution >= 0.6 is 23.3 Å². The van der Waals surface area contributed by atoms with E-state index in [1.54, 1.807) is 30.3 Å². The summed E-state index contributed by atoms with van der Waals surface area (Å²) in [6.07, 6.45) is 2.92. The Bertz CT molecular complexity index is 1030.